The third-order valence-corrected chi connectivity index (χ3v) is 3.59. The highest BCUT2D eigenvalue weighted by Crippen LogP contribution is 2.22. The van der Waals surface area contributed by atoms with E-state index < -0.39 is 11.8 Å². The van der Waals surface area contributed by atoms with Crippen molar-refractivity contribution in [3.8, 4) is 6.07 Å². The Bertz CT molecular complexity index is 518. The number of unbranched alkanes of at least 4 members (excludes halogenated alkanes) is 1. The number of allylic oxidation sites excluding steroid dienone is 3. The van der Waals surface area contributed by atoms with Crippen molar-refractivity contribution in [2.75, 3.05) is 19.8 Å². The van der Waals surface area contributed by atoms with Gasteiger partial charge in [0, 0.05) is 12.2 Å². The molecular weight excluding hydrogens is 308 g/mol. The van der Waals surface area contributed by atoms with Crippen molar-refractivity contribution in [1.29, 1.82) is 5.26 Å². The average Bonchev–Trinajstić information content (AvgIpc) is 2.89. The van der Waals surface area contributed by atoms with E-state index in [9.17, 15) is 4.79 Å². The van der Waals surface area contributed by atoms with Crippen LogP contribution in [0.1, 0.15) is 47.0 Å². The van der Waals surface area contributed by atoms with Gasteiger partial charge in [0.25, 0.3) is 0 Å². The van der Waals surface area contributed by atoms with Crippen molar-refractivity contribution in [3.05, 3.63) is 23.4 Å². The quantitative estimate of drug-likeness (QED) is 0.302. The molecule has 0 aromatic rings. The number of carbonyl (C=O) groups is 1. The molecule has 6 heteroatoms. The molecule has 1 atom stereocenters. The van der Waals surface area contributed by atoms with Crippen LogP contribution in [0.5, 0.6) is 0 Å². The summed E-state index contributed by atoms with van der Waals surface area (Å²) in [7, 11) is 0. The summed E-state index contributed by atoms with van der Waals surface area (Å²) >= 11 is 0. The van der Waals surface area contributed by atoms with Crippen LogP contribution in [-0.2, 0) is 19.0 Å². The van der Waals surface area contributed by atoms with E-state index in [2.05, 4.69) is 5.32 Å². The smallest absolute Gasteiger partial charge is 0.348 e. The molecule has 1 rings (SSSR count). The molecule has 1 N–H and O–H groups in total. The maximum Gasteiger partial charge on any atom is 0.348 e. The van der Waals surface area contributed by atoms with Crippen LogP contribution in [0.2, 0.25) is 0 Å². The number of hydrogen-bond acceptors (Lipinski definition) is 6. The largest absolute Gasteiger partial charge is 0.462 e. The van der Waals surface area contributed by atoms with Crippen LogP contribution in [0, 0.1) is 11.3 Å². The van der Waals surface area contributed by atoms with E-state index >= 15 is 0 Å². The highest BCUT2D eigenvalue weighted by Gasteiger charge is 2.32. The molecule has 0 radical (unpaired) electrons. The molecule has 0 saturated carbocycles. The van der Waals surface area contributed by atoms with Crippen LogP contribution in [0.15, 0.2) is 23.4 Å². The molecule has 0 aliphatic carbocycles. The van der Waals surface area contributed by atoms with Gasteiger partial charge >= 0.3 is 5.97 Å². The molecule has 0 aromatic heterocycles. The molecule has 6 nitrogen and oxygen atoms in total. The van der Waals surface area contributed by atoms with Crippen molar-refractivity contribution in [1.82, 2.24) is 5.32 Å². The topological polar surface area (TPSA) is 80.6 Å². The standard InChI is InChI=1S/C18H28N2O4/c1-5-15(20-12-16-13-23-18(3,4)24-16)10-8-7-9-14(11-19)17(21)22-6-2/h5,9,16,20H,6-8,10,12-13H2,1-4H3/b14-9+,15-5+. The van der Waals surface area contributed by atoms with Gasteiger partial charge in [-0.3, -0.25) is 0 Å². The molecule has 24 heavy (non-hydrogen) atoms. The molecule has 1 aliphatic heterocycles. The van der Waals surface area contributed by atoms with Crippen LogP contribution < -0.4 is 5.32 Å². The first-order valence-electron chi connectivity index (χ1n) is 8.40. The van der Waals surface area contributed by atoms with Crippen LogP contribution in [-0.4, -0.2) is 37.6 Å². The van der Waals surface area contributed by atoms with Crippen molar-refractivity contribution in [2.24, 2.45) is 0 Å². The Morgan fingerprint density at radius 2 is 2.25 bits per heavy atom. The zero-order valence-corrected chi connectivity index (χ0v) is 15.1. The normalized spacial score (nSPS) is 20.5. The Morgan fingerprint density at radius 1 is 1.50 bits per heavy atom. The third-order valence-electron chi connectivity index (χ3n) is 3.59. The fourth-order valence-corrected chi connectivity index (χ4v) is 2.37. The van der Waals surface area contributed by atoms with Gasteiger partial charge in [-0.05, 0) is 47.0 Å². The zero-order valence-electron chi connectivity index (χ0n) is 15.1. The molecular formula is C18H28N2O4. The van der Waals surface area contributed by atoms with E-state index in [0.717, 1.165) is 18.5 Å². The summed E-state index contributed by atoms with van der Waals surface area (Å²) in [6.07, 6.45) is 6.04. The van der Waals surface area contributed by atoms with Gasteiger partial charge in [-0.1, -0.05) is 12.2 Å². The summed E-state index contributed by atoms with van der Waals surface area (Å²) in [5.41, 5.74) is 1.19. The highest BCUT2D eigenvalue weighted by molar-refractivity contribution is 5.92. The van der Waals surface area contributed by atoms with Gasteiger partial charge in [-0.25, -0.2) is 4.79 Å². The lowest BCUT2D eigenvalue weighted by Crippen LogP contribution is -2.30. The highest BCUT2D eigenvalue weighted by atomic mass is 16.7. The number of rotatable bonds is 9. The number of hydrogen-bond donors (Lipinski definition) is 1. The molecule has 134 valence electrons. The second-order valence-corrected chi connectivity index (χ2v) is 5.99. The van der Waals surface area contributed by atoms with Crippen LogP contribution in [0.3, 0.4) is 0 Å². The molecule has 0 aromatic carbocycles. The minimum atomic E-state index is -0.551. The van der Waals surface area contributed by atoms with E-state index in [-0.39, 0.29) is 18.3 Å². The molecule has 1 saturated heterocycles. The molecule has 0 spiro atoms. The minimum absolute atomic E-state index is 0.0452. The van der Waals surface area contributed by atoms with Crippen LogP contribution in [0.4, 0.5) is 0 Å². The summed E-state index contributed by atoms with van der Waals surface area (Å²) in [5, 5.41) is 12.3. The Kier molecular flexibility index (Phi) is 8.51. The molecule has 1 heterocycles. The Balaban J connectivity index is 2.32. The Morgan fingerprint density at radius 3 is 2.79 bits per heavy atom. The van der Waals surface area contributed by atoms with Gasteiger partial charge in [-0.2, -0.15) is 5.26 Å². The van der Waals surface area contributed by atoms with Crippen LogP contribution >= 0.6 is 0 Å². The lowest BCUT2D eigenvalue weighted by atomic mass is 10.1. The first-order chi connectivity index (χ1) is 11.4. The average molecular weight is 336 g/mol. The van der Waals surface area contributed by atoms with Gasteiger partial charge in [0.1, 0.15) is 17.7 Å². The molecule has 0 bridgehead atoms. The lowest BCUT2D eigenvalue weighted by Gasteiger charge is -2.18. The number of nitriles is 1. The van der Waals surface area contributed by atoms with Gasteiger partial charge in [0.15, 0.2) is 5.79 Å². The second-order valence-electron chi connectivity index (χ2n) is 5.99. The van der Waals surface area contributed by atoms with E-state index in [0.29, 0.717) is 19.6 Å². The predicted molar refractivity (Wildman–Crippen MR) is 90.8 cm³/mol. The van der Waals surface area contributed by atoms with E-state index in [1.165, 1.54) is 0 Å². The SMILES string of the molecule is C/C=C(\CCC/C=C(\C#N)C(=O)OCC)NCC1COC(C)(C)O1. The van der Waals surface area contributed by atoms with Crippen molar-refractivity contribution in [3.63, 3.8) is 0 Å². The third kappa shape index (κ3) is 7.16. The molecule has 0 amide bonds. The van der Waals surface area contributed by atoms with Gasteiger partial charge in [0.2, 0.25) is 0 Å². The number of ether oxygens (including phenoxy) is 3. The molecule has 1 unspecified atom stereocenters. The number of carbonyl (C=O) groups excluding carboxylic acids is 1. The maximum atomic E-state index is 11.5. The van der Waals surface area contributed by atoms with Crippen molar-refractivity contribution in [2.45, 2.75) is 58.8 Å². The maximum absolute atomic E-state index is 11.5. The van der Waals surface area contributed by atoms with Crippen LogP contribution in [0.25, 0.3) is 0 Å². The van der Waals surface area contributed by atoms with Gasteiger partial charge in [0.05, 0.1) is 13.2 Å². The minimum Gasteiger partial charge on any atom is -0.462 e. The molecule has 1 aliphatic rings. The Labute approximate surface area is 144 Å². The Hall–Kier alpha value is -1.84. The summed E-state index contributed by atoms with van der Waals surface area (Å²) in [6, 6.07) is 1.88. The number of nitrogens with one attached hydrogen (secondary N) is 1. The molecule has 1 fully saturated rings. The number of esters is 1. The fourth-order valence-electron chi connectivity index (χ4n) is 2.37. The zero-order chi connectivity index (χ0) is 18.0. The summed E-state index contributed by atoms with van der Waals surface area (Å²) in [4.78, 5) is 11.5. The van der Waals surface area contributed by atoms with E-state index in [4.69, 9.17) is 19.5 Å². The fraction of sp³-hybridized carbons (Fsp3) is 0.667. The first-order valence-corrected chi connectivity index (χ1v) is 8.40. The van der Waals surface area contributed by atoms with Crippen molar-refractivity contribution < 1.29 is 19.0 Å². The van der Waals surface area contributed by atoms with Crippen molar-refractivity contribution >= 4 is 5.97 Å². The number of nitrogens with zero attached hydrogens (tertiary/aromatic N) is 1. The summed E-state index contributed by atoms with van der Waals surface area (Å²) in [6.45, 7) is 9.08. The van der Waals surface area contributed by atoms with Gasteiger partial charge in [-0.15, -0.1) is 0 Å². The van der Waals surface area contributed by atoms with E-state index in [1.807, 2.05) is 32.9 Å². The van der Waals surface area contributed by atoms with E-state index in [1.54, 1.807) is 13.0 Å². The monoisotopic (exact) mass is 336 g/mol. The summed E-state index contributed by atoms with van der Waals surface area (Å²) < 4.78 is 16.1. The predicted octanol–water partition coefficient (Wildman–Crippen LogP) is 2.81. The van der Waals surface area contributed by atoms with Gasteiger partial charge < -0.3 is 19.5 Å². The lowest BCUT2D eigenvalue weighted by molar-refractivity contribution is -0.138. The second kappa shape index (κ2) is 10.1. The summed E-state index contributed by atoms with van der Waals surface area (Å²) in [5.74, 6) is -1.06. The first kappa shape index (κ1) is 20.2.